The molecule has 8 nitrogen and oxygen atoms in total. The average Bonchev–Trinajstić information content (AvgIpc) is 2.91. The van der Waals surface area contributed by atoms with Crippen LogP contribution in [0.15, 0.2) is 6.20 Å². The quantitative estimate of drug-likeness (QED) is 0.660. The van der Waals surface area contributed by atoms with Crippen LogP contribution < -0.4 is 5.32 Å². The highest BCUT2D eigenvalue weighted by Gasteiger charge is 2.22. The van der Waals surface area contributed by atoms with Crippen LogP contribution in [0.5, 0.6) is 0 Å². The summed E-state index contributed by atoms with van der Waals surface area (Å²) in [6.45, 7) is 1.28. The van der Waals surface area contributed by atoms with Gasteiger partial charge in [0.2, 0.25) is 0 Å². The lowest BCUT2D eigenvalue weighted by Crippen LogP contribution is -2.27. The Kier molecular flexibility index (Phi) is 2.49. The van der Waals surface area contributed by atoms with Gasteiger partial charge in [-0.2, -0.15) is 15.4 Å². The van der Waals surface area contributed by atoms with Crippen molar-refractivity contribution >= 4 is 5.97 Å². The number of aromatic amines is 1. The van der Waals surface area contributed by atoms with E-state index >= 15 is 0 Å². The zero-order chi connectivity index (χ0) is 12.5. The third kappa shape index (κ3) is 1.72. The van der Waals surface area contributed by atoms with Crippen molar-refractivity contribution in [3.05, 3.63) is 23.1 Å². The third-order valence-corrected chi connectivity index (χ3v) is 2.78. The van der Waals surface area contributed by atoms with Crippen LogP contribution in [0.4, 0.5) is 0 Å². The first kappa shape index (κ1) is 10.8. The topological polar surface area (TPSA) is 117 Å². The molecule has 18 heavy (non-hydrogen) atoms. The minimum Gasteiger partial charge on any atom is -0.476 e. The van der Waals surface area contributed by atoms with Crippen LogP contribution in [-0.4, -0.2) is 43.0 Å². The van der Waals surface area contributed by atoms with Crippen molar-refractivity contribution in [3.63, 3.8) is 0 Å². The molecule has 0 saturated carbocycles. The number of nitrogens with zero attached hydrogens (tertiary/aromatic N) is 4. The third-order valence-electron chi connectivity index (χ3n) is 2.78. The van der Waals surface area contributed by atoms with Crippen LogP contribution in [-0.2, 0) is 13.0 Å². The van der Waals surface area contributed by atoms with Gasteiger partial charge in [0.1, 0.15) is 5.69 Å². The summed E-state index contributed by atoms with van der Waals surface area (Å²) in [5.41, 5.74) is 1.91. The molecule has 3 N–H and O–H groups in total. The van der Waals surface area contributed by atoms with Crippen LogP contribution in [0, 0.1) is 0 Å². The molecule has 0 unspecified atom stereocenters. The summed E-state index contributed by atoms with van der Waals surface area (Å²) in [7, 11) is 0. The highest BCUT2D eigenvalue weighted by Crippen LogP contribution is 2.19. The molecule has 92 valence electrons. The number of aromatic nitrogens is 5. The fourth-order valence-electron chi connectivity index (χ4n) is 1.96. The second-order valence-electron chi connectivity index (χ2n) is 3.91. The fraction of sp³-hybridized carbons (Fsp3) is 0.300. The predicted octanol–water partition coefficient (Wildman–Crippen LogP) is -0.394. The Morgan fingerprint density at radius 3 is 3.00 bits per heavy atom. The van der Waals surface area contributed by atoms with Gasteiger partial charge in [-0.3, -0.25) is 0 Å². The summed E-state index contributed by atoms with van der Waals surface area (Å²) in [5.74, 6) is -0.760. The monoisotopic (exact) mass is 246 g/mol. The number of carboxylic acids is 1. The van der Waals surface area contributed by atoms with Gasteiger partial charge >= 0.3 is 5.97 Å². The number of carboxylic acid groups (broad SMARTS) is 1. The molecule has 0 bridgehead atoms. The number of H-pyrrole nitrogens is 1. The zero-order valence-corrected chi connectivity index (χ0v) is 9.34. The molecule has 0 radical (unpaired) electrons. The maximum Gasteiger partial charge on any atom is 0.354 e. The van der Waals surface area contributed by atoms with E-state index in [2.05, 4.69) is 30.7 Å². The minimum absolute atomic E-state index is 0.0551. The highest BCUT2D eigenvalue weighted by molar-refractivity contribution is 5.88. The molecule has 3 heterocycles. The largest absolute Gasteiger partial charge is 0.476 e. The predicted molar refractivity (Wildman–Crippen MR) is 59.8 cm³/mol. The summed E-state index contributed by atoms with van der Waals surface area (Å²) >= 11 is 0. The number of carbonyl (C=O) groups is 1. The Labute approximate surface area is 101 Å². The Hall–Kier alpha value is -2.35. The maximum atomic E-state index is 11.2. The first-order valence-electron chi connectivity index (χ1n) is 5.45. The molecule has 0 aromatic carbocycles. The molecule has 0 fully saturated rings. The highest BCUT2D eigenvalue weighted by atomic mass is 16.4. The lowest BCUT2D eigenvalue weighted by atomic mass is 10.0. The molecule has 1 aliphatic rings. The SMILES string of the molecule is O=C(O)c1nc(-c2cn[nH]n2)nc2c1CCNC2. The van der Waals surface area contributed by atoms with Gasteiger partial charge in [-0.15, -0.1) is 0 Å². The van der Waals surface area contributed by atoms with Crippen LogP contribution in [0.3, 0.4) is 0 Å². The second-order valence-corrected chi connectivity index (χ2v) is 3.91. The van der Waals surface area contributed by atoms with E-state index in [1.165, 1.54) is 6.20 Å². The first-order chi connectivity index (χ1) is 8.75. The number of hydrogen-bond acceptors (Lipinski definition) is 6. The van der Waals surface area contributed by atoms with Gasteiger partial charge in [0, 0.05) is 12.1 Å². The molecule has 0 saturated heterocycles. The van der Waals surface area contributed by atoms with E-state index in [0.717, 1.165) is 6.54 Å². The molecule has 0 atom stereocenters. The normalized spacial score (nSPS) is 14.2. The smallest absolute Gasteiger partial charge is 0.354 e. The van der Waals surface area contributed by atoms with E-state index in [0.29, 0.717) is 29.9 Å². The van der Waals surface area contributed by atoms with Crippen LogP contribution >= 0.6 is 0 Å². The van der Waals surface area contributed by atoms with E-state index in [9.17, 15) is 9.90 Å². The van der Waals surface area contributed by atoms with Crippen LogP contribution in [0.1, 0.15) is 21.7 Å². The summed E-state index contributed by atoms with van der Waals surface area (Å²) in [6.07, 6.45) is 2.08. The molecule has 8 heteroatoms. The van der Waals surface area contributed by atoms with Gasteiger partial charge in [-0.25, -0.2) is 14.8 Å². The van der Waals surface area contributed by atoms with Gasteiger partial charge in [0.05, 0.1) is 11.9 Å². The Morgan fingerprint density at radius 1 is 1.39 bits per heavy atom. The van der Waals surface area contributed by atoms with Crippen molar-refractivity contribution in [1.29, 1.82) is 0 Å². The lowest BCUT2D eigenvalue weighted by Gasteiger charge is -2.17. The van der Waals surface area contributed by atoms with Gasteiger partial charge in [-0.1, -0.05) is 0 Å². The Morgan fingerprint density at radius 2 is 2.28 bits per heavy atom. The molecule has 1 aliphatic heterocycles. The van der Waals surface area contributed by atoms with Crippen molar-refractivity contribution in [2.24, 2.45) is 0 Å². The Bertz CT molecular complexity index is 595. The molecule has 3 rings (SSSR count). The van der Waals surface area contributed by atoms with Crippen molar-refractivity contribution in [2.45, 2.75) is 13.0 Å². The lowest BCUT2D eigenvalue weighted by molar-refractivity contribution is 0.0688. The number of hydrogen-bond donors (Lipinski definition) is 3. The molecule has 0 amide bonds. The van der Waals surface area contributed by atoms with Crippen molar-refractivity contribution in [1.82, 2.24) is 30.7 Å². The van der Waals surface area contributed by atoms with Gasteiger partial charge < -0.3 is 10.4 Å². The summed E-state index contributed by atoms with van der Waals surface area (Å²) < 4.78 is 0. The first-order valence-corrected chi connectivity index (χ1v) is 5.45. The molecule has 2 aromatic heterocycles. The standard InChI is InChI=1S/C10H10N6O2/c17-10(18)8-5-1-2-11-3-6(5)13-9(14-8)7-4-12-16-15-7/h4,11H,1-3H2,(H,17,18)(H,12,15,16). The molecular weight excluding hydrogens is 236 g/mol. The minimum atomic E-state index is -1.04. The summed E-state index contributed by atoms with van der Waals surface area (Å²) in [4.78, 5) is 19.6. The van der Waals surface area contributed by atoms with E-state index in [1.807, 2.05) is 0 Å². The van der Waals surface area contributed by atoms with Crippen molar-refractivity contribution in [3.8, 4) is 11.5 Å². The molecular formula is C10H10N6O2. The van der Waals surface area contributed by atoms with E-state index in [1.54, 1.807) is 0 Å². The second kappa shape index (κ2) is 4.15. The van der Waals surface area contributed by atoms with Gasteiger partial charge in [0.15, 0.2) is 11.5 Å². The van der Waals surface area contributed by atoms with E-state index in [-0.39, 0.29) is 11.5 Å². The summed E-state index contributed by atoms with van der Waals surface area (Å²) in [5, 5.41) is 22.3. The number of fused-ring (bicyclic) bond motifs is 1. The maximum absolute atomic E-state index is 11.2. The van der Waals surface area contributed by atoms with E-state index in [4.69, 9.17) is 0 Å². The van der Waals surface area contributed by atoms with Gasteiger partial charge in [0.25, 0.3) is 0 Å². The number of nitrogens with one attached hydrogen (secondary N) is 2. The summed E-state index contributed by atoms with van der Waals surface area (Å²) in [6, 6.07) is 0. The fourth-order valence-corrected chi connectivity index (χ4v) is 1.96. The van der Waals surface area contributed by atoms with Crippen molar-refractivity contribution < 1.29 is 9.90 Å². The number of rotatable bonds is 2. The van der Waals surface area contributed by atoms with Crippen LogP contribution in [0.25, 0.3) is 11.5 Å². The molecule has 0 aliphatic carbocycles. The number of aromatic carboxylic acids is 1. The average molecular weight is 246 g/mol. The molecule has 2 aromatic rings. The van der Waals surface area contributed by atoms with Crippen molar-refractivity contribution in [2.75, 3.05) is 6.54 Å². The van der Waals surface area contributed by atoms with Crippen LogP contribution in [0.2, 0.25) is 0 Å². The zero-order valence-electron chi connectivity index (χ0n) is 9.34. The van der Waals surface area contributed by atoms with Gasteiger partial charge in [-0.05, 0) is 13.0 Å². The molecule has 0 spiro atoms. The van der Waals surface area contributed by atoms with E-state index < -0.39 is 5.97 Å². The Balaban J connectivity index is 2.18.